The molecule has 2 aromatic rings. The van der Waals surface area contributed by atoms with Gasteiger partial charge in [-0.25, -0.2) is 0 Å². The van der Waals surface area contributed by atoms with Gasteiger partial charge in [-0.1, -0.05) is 36.8 Å². The molecule has 1 aromatic heterocycles. The minimum absolute atomic E-state index is 0.485. The van der Waals surface area contributed by atoms with Crippen LogP contribution in [0, 0.1) is 6.92 Å². The first-order valence-electron chi connectivity index (χ1n) is 6.08. The molecule has 0 fully saturated rings. The van der Waals surface area contributed by atoms with Crippen LogP contribution in [0.15, 0.2) is 36.4 Å². The van der Waals surface area contributed by atoms with Crippen molar-refractivity contribution in [1.82, 2.24) is 5.32 Å². The predicted octanol–water partition coefficient (Wildman–Crippen LogP) is 4.39. The van der Waals surface area contributed by atoms with Gasteiger partial charge in [0.15, 0.2) is 0 Å². The second-order valence-electron chi connectivity index (χ2n) is 4.32. The van der Waals surface area contributed by atoms with Crippen molar-refractivity contribution in [3.63, 3.8) is 0 Å². The molecule has 0 radical (unpaired) electrons. The van der Waals surface area contributed by atoms with E-state index in [-0.39, 0.29) is 0 Å². The molecule has 2 heteroatoms. The van der Waals surface area contributed by atoms with Crippen LogP contribution < -0.4 is 5.32 Å². The molecule has 1 nitrogen and oxygen atoms in total. The van der Waals surface area contributed by atoms with Gasteiger partial charge in [-0.2, -0.15) is 0 Å². The molecule has 0 spiro atoms. The summed E-state index contributed by atoms with van der Waals surface area (Å²) in [6, 6.07) is 13.7. The van der Waals surface area contributed by atoms with Crippen molar-refractivity contribution >= 4 is 11.3 Å². The highest BCUT2D eigenvalue weighted by atomic mass is 32.1. The maximum Gasteiger partial charge on any atom is 0.0409 e. The first-order chi connectivity index (χ1) is 8.24. The summed E-state index contributed by atoms with van der Waals surface area (Å²) in [5.41, 5.74) is 2.63. The average Bonchev–Trinajstić information content (AvgIpc) is 2.81. The van der Waals surface area contributed by atoms with Crippen LogP contribution in [-0.4, -0.2) is 7.05 Å². The van der Waals surface area contributed by atoms with Crippen molar-refractivity contribution in [3.05, 3.63) is 46.8 Å². The smallest absolute Gasteiger partial charge is 0.0409 e. The third kappa shape index (κ3) is 2.76. The van der Waals surface area contributed by atoms with E-state index in [4.69, 9.17) is 0 Å². The van der Waals surface area contributed by atoms with Gasteiger partial charge in [0, 0.05) is 15.8 Å². The topological polar surface area (TPSA) is 12.0 Å². The monoisotopic (exact) mass is 245 g/mol. The third-order valence-electron chi connectivity index (χ3n) is 3.06. The summed E-state index contributed by atoms with van der Waals surface area (Å²) < 4.78 is 0. The van der Waals surface area contributed by atoms with Gasteiger partial charge >= 0.3 is 0 Å². The van der Waals surface area contributed by atoms with Crippen LogP contribution in [0.5, 0.6) is 0 Å². The summed E-state index contributed by atoms with van der Waals surface area (Å²) in [5, 5.41) is 3.35. The lowest BCUT2D eigenvalue weighted by Crippen LogP contribution is -2.13. The Labute approximate surface area is 108 Å². The van der Waals surface area contributed by atoms with Crippen LogP contribution in [0.3, 0.4) is 0 Å². The predicted molar refractivity (Wildman–Crippen MR) is 76.6 cm³/mol. The minimum atomic E-state index is 0.485. The van der Waals surface area contributed by atoms with Crippen molar-refractivity contribution in [2.24, 2.45) is 0 Å². The van der Waals surface area contributed by atoms with Gasteiger partial charge in [0.25, 0.3) is 0 Å². The molecule has 1 heterocycles. The molecule has 1 unspecified atom stereocenters. The molecular formula is C15H19NS. The molecule has 0 bridgehead atoms. The van der Waals surface area contributed by atoms with E-state index in [1.165, 1.54) is 20.9 Å². The first kappa shape index (κ1) is 12.3. The molecule has 1 atom stereocenters. The first-order valence-corrected chi connectivity index (χ1v) is 6.90. The zero-order chi connectivity index (χ0) is 12.3. The molecule has 17 heavy (non-hydrogen) atoms. The van der Waals surface area contributed by atoms with Crippen molar-refractivity contribution < 1.29 is 0 Å². The van der Waals surface area contributed by atoms with E-state index >= 15 is 0 Å². The Hall–Kier alpha value is -1.12. The van der Waals surface area contributed by atoms with E-state index < -0.39 is 0 Å². The highest BCUT2D eigenvalue weighted by Gasteiger charge is 2.10. The van der Waals surface area contributed by atoms with E-state index in [0.717, 1.165) is 6.42 Å². The number of thiophene rings is 1. The lowest BCUT2D eigenvalue weighted by atomic mass is 10.1. The molecular weight excluding hydrogens is 226 g/mol. The Morgan fingerprint density at radius 2 is 1.82 bits per heavy atom. The molecule has 0 aliphatic carbocycles. The van der Waals surface area contributed by atoms with Crippen molar-refractivity contribution in [2.75, 3.05) is 7.05 Å². The largest absolute Gasteiger partial charge is 0.312 e. The van der Waals surface area contributed by atoms with Gasteiger partial charge < -0.3 is 5.32 Å². The zero-order valence-corrected chi connectivity index (χ0v) is 11.5. The van der Waals surface area contributed by atoms with E-state index in [1.54, 1.807) is 0 Å². The van der Waals surface area contributed by atoms with E-state index in [1.807, 2.05) is 18.4 Å². The summed E-state index contributed by atoms with van der Waals surface area (Å²) in [4.78, 5) is 2.78. The molecule has 0 amide bonds. The molecule has 1 aromatic carbocycles. The lowest BCUT2D eigenvalue weighted by Gasteiger charge is -2.10. The molecule has 2 rings (SSSR count). The van der Waals surface area contributed by atoms with Gasteiger partial charge in [-0.05, 0) is 38.1 Å². The molecule has 0 aliphatic rings. The quantitative estimate of drug-likeness (QED) is 0.842. The summed E-state index contributed by atoms with van der Waals surface area (Å²) in [7, 11) is 2.03. The summed E-state index contributed by atoms with van der Waals surface area (Å²) >= 11 is 1.89. The van der Waals surface area contributed by atoms with Crippen LogP contribution in [-0.2, 0) is 0 Å². The number of hydrogen-bond donors (Lipinski definition) is 1. The molecule has 1 N–H and O–H groups in total. The minimum Gasteiger partial charge on any atom is -0.312 e. The summed E-state index contributed by atoms with van der Waals surface area (Å²) in [5.74, 6) is 0. The fourth-order valence-electron chi connectivity index (χ4n) is 1.96. The number of nitrogens with one attached hydrogen (secondary N) is 1. The lowest BCUT2D eigenvalue weighted by molar-refractivity contribution is 0.586. The van der Waals surface area contributed by atoms with Gasteiger partial charge in [0.1, 0.15) is 0 Å². The van der Waals surface area contributed by atoms with E-state index in [9.17, 15) is 0 Å². The maximum atomic E-state index is 3.35. The third-order valence-corrected chi connectivity index (χ3v) is 4.31. The highest BCUT2D eigenvalue weighted by Crippen LogP contribution is 2.32. The molecule has 0 saturated heterocycles. The van der Waals surface area contributed by atoms with Crippen LogP contribution in [0.1, 0.15) is 29.8 Å². The second kappa shape index (κ2) is 5.48. The highest BCUT2D eigenvalue weighted by molar-refractivity contribution is 7.15. The van der Waals surface area contributed by atoms with Crippen molar-refractivity contribution in [2.45, 2.75) is 26.3 Å². The molecule has 0 saturated carbocycles. The van der Waals surface area contributed by atoms with E-state index in [0.29, 0.717) is 6.04 Å². The normalized spacial score (nSPS) is 12.6. The Balaban J connectivity index is 2.26. The Morgan fingerprint density at radius 1 is 1.12 bits per heavy atom. The van der Waals surface area contributed by atoms with Crippen LogP contribution >= 0.6 is 11.3 Å². The number of rotatable bonds is 4. The summed E-state index contributed by atoms with van der Waals surface area (Å²) in [6.45, 7) is 4.34. The van der Waals surface area contributed by atoms with Crippen molar-refractivity contribution in [3.8, 4) is 10.4 Å². The second-order valence-corrected chi connectivity index (χ2v) is 5.43. The van der Waals surface area contributed by atoms with Gasteiger partial charge in [-0.3, -0.25) is 0 Å². The van der Waals surface area contributed by atoms with Crippen LogP contribution in [0.25, 0.3) is 10.4 Å². The zero-order valence-electron chi connectivity index (χ0n) is 10.7. The Morgan fingerprint density at radius 3 is 2.41 bits per heavy atom. The van der Waals surface area contributed by atoms with Crippen LogP contribution in [0.2, 0.25) is 0 Å². The fraction of sp³-hybridized carbons (Fsp3) is 0.333. The Kier molecular flexibility index (Phi) is 3.97. The number of benzene rings is 1. The van der Waals surface area contributed by atoms with Gasteiger partial charge in [-0.15, -0.1) is 11.3 Å². The van der Waals surface area contributed by atoms with Crippen LogP contribution in [0.4, 0.5) is 0 Å². The van der Waals surface area contributed by atoms with Crippen molar-refractivity contribution in [1.29, 1.82) is 0 Å². The average molecular weight is 245 g/mol. The van der Waals surface area contributed by atoms with Gasteiger partial charge in [0.05, 0.1) is 0 Å². The number of hydrogen-bond acceptors (Lipinski definition) is 2. The van der Waals surface area contributed by atoms with Gasteiger partial charge in [0.2, 0.25) is 0 Å². The molecule has 90 valence electrons. The fourth-order valence-corrected chi connectivity index (χ4v) is 3.17. The standard InChI is InChI=1S/C15H19NS/c1-4-13(16-3)15-10-9-14(17-15)12-7-5-11(2)6-8-12/h5-10,13,16H,4H2,1-3H3. The maximum absolute atomic E-state index is 3.35. The molecule has 0 aliphatic heterocycles. The SMILES string of the molecule is CCC(NC)c1ccc(-c2ccc(C)cc2)s1. The number of aryl methyl sites for hydroxylation is 1. The van der Waals surface area contributed by atoms with E-state index in [2.05, 4.69) is 55.6 Å². The Bertz CT molecular complexity index is 466. The summed E-state index contributed by atoms with van der Waals surface area (Å²) in [6.07, 6.45) is 1.13.